The summed E-state index contributed by atoms with van der Waals surface area (Å²) in [5.41, 5.74) is 0.564. The van der Waals surface area contributed by atoms with Crippen LogP contribution in [0, 0.1) is 0 Å². The molecule has 0 aliphatic heterocycles. The van der Waals surface area contributed by atoms with E-state index in [1.54, 1.807) is 12.1 Å². The van der Waals surface area contributed by atoms with Crippen LogP contribution >= 0.6 is 11.3 Å². The van der Waals surface area contributed by atoms with Crippen molar-refractivity contribution in [3.63, 3.8) is 0 Å². The molecule has 2 heterocycles. The Balaban J connectivity index is 2.37. The van der Waals surface area contributed by atoms with Gasteiger partial charge >= 0.3 is 5.97 Å². The number of aromatic carboxylic acids is 1. The molecule has 0 saturated heterocycles. The van der Waals surface area contributed by atoms with Crippen molar-refractivity contribution in [3.05, 3.63) is 63.8 Å². The molecule has 4 nitrogen and oxygen atoms in total. The lowest BCUT2D eigenvalue weighted by Gasteiger charge is -2.06. The zero-order valence-corrected chi connectivity index (χ0v) is 10.6. The highest BCUT2D eigenvalue weighted by molar-refractivity contribution is 7.20. The van der Waals surface area contributed by atoms with Crippen LogP contribution in [0.15, 0.2) is 53.3 Å². The van der Waals surface area contributed by atoms with Gasteiger partial charge in [0, 0.05) is 11.5 Å². The second kappa shape index (κ2) is 4.37. The number of aromatic nitrogens is 1. The molecule has 0 unspecified atom stereocenters. The van der Waals surface area contributed by atoms with E-state index in [9.17, 15) is 9.59 Å². The van der Waals surface area contributed by atoms with Gasteiger partial charge in [0.25, 0.3) is 5.56 Å². The summed E-state index contributed by atoms with van der Waals surface area (Å²) < 4.78 is 1.53. The van der Waals surface area contributed by atoms with Gasteiger partial charge in [-0.1, -0.05) is 18.2 Å². The van der Waals surface area contributed by atoms with Gasteiger partial charge in [-0.3, -0.25) is 9.36 Å². The van der Waals surface area contributed by atoms with Crippen LogP contribution < -0.4 is 5.56 Å². The number of carbonyl (C=O) groups is 1. The van der Waals surface area contributed by atoms with E-state index in [1.165, 1.54) is 10.6 Å². The Kier molecular flexibility index (Phi) is 2.68. The number of hydrogen-bond acceptors (Lipinski definition) is 3. The minimum Gasteiger partial charge on any atom is -0.477 e. The van der Waals surface area contributed by atoms with Crippen molar-refractivity contribution in [3.8, 4) is 5.69 Å². The number of para-hydroxylation sites is 1. The van der Waals surface area contributed by atoms with Crippen molar-refractivity contribution in [1.29, 1.82) is 0 Å². The number of nitrogens with zero attached hydrogens (tertiary/aromatic N) is 1. The number of thiophene rings is 1. The van der Waals surface area contributed by atoms with Gasteiger partial charge in [-0.05, 0) is 24.3 Å². The van der Waals surface area contributed by atoms with E-state index < -0.39 is 5.97 Å². The molecule has 0 aliphatic rings. The predicted molar refractivity (Wildman–Crippen MR) is 74.4 cm³/mol. The molecule has 3 aromatic rings. The van der Waals surface area contributed by atoms with Crippen LogP contribution in [0.5, 0.6) is 0 Å². The Labute approximate surface area is 112 Å². The van der Waals surface area contributed by atoms with E-state index in [-0.39, 0.29) is 10.4 Å². The SMILES string of the molecule is O=C(O)c1cc2ccc(=O)n(-c3ccccc3)c2s1. The van der Waals surface area contributed by atoms with Gasteiger partial charge in [0.15, 0.2) is 0 Å². The lowest BCUT2D eigenvalue weighted by Crippen LogP contribution is -2.16. The quantitative estimate of drug-likeness (QED) is 0.779. The molecule has 5 heteroatoms. The van der Waals surface area contributed by atoms with E-state index in [1.807, 2.05) is 30.3 Å². The number of pyridine rings is 1. The third-order valence-corrected chi connectivity index (χ3v) is 3.92. The Morgan fingerprint density at radius 1 is 1.11 bits per heavy atom. The van der Waals surface area contributed by atoms with Crippen LogP contribution in [-0.2, 0) is 0 Å². The molecule has 0 atom stereocenters. The van der Waals surface area contributed by atoms with Crippen molar-refractivity contribution in [2.24, 2.45) is 0 Å². The van der Waals surface area contributed by atoms with Gasteiger partial charge in [0.05, 0.1) is 5.69 Å². The van der Waals surface area contributed by atoms with Gasteiger partial charge in [-0.15, -0.1) is 11.3 Å². The third-order valence-electron chi connectivity index (χ3n) is 2.79. The first-order valence-corrected chi connectivity index (χ1v) is 6.43. The molecule has 0 fully saturated rings. The maximum Gasteiger partial charge on any atom is 0.345 e. The number of carboxylic acid groups (broad SMARTS) is 1. The van der Waals surface area contributed by atoms with Gasteiger partial charge in [-0.2, -0.15) is 0 Å². The van der Waals surface area contributed by atoms with Crippen LogP contribution in [-0.4, -0.2) is 15.6 Å². The Morgan fingerprint density at radius 2 is 1.84 bits per heavy atom. The topological polar surface area (TPSA) is 59.3 Å². The first-order valence-electron chi connectivity index (χ1n) is 5.61. The highest BCUT2D eigenvalue weighted by Crippen LogP contribution is 2.26. The van der Waals surface area contributed by atoms with Crippen molar-refractivity contribution in [2.75, 3.05) is 0 Å². The molecule has 19 heavy (non-hydrogen) atoms. The normalized spacial score (nSPS) is 10.7. The van der Waals surface area contributed by atoms with E-state index in [4.69, 9.17) is 5.11 Å². The molecule has 1 aromatic carbocycles. The van der Waals surface area contributed by atoms with Gasteiger partial charge in [0.2, 0.25) is 0 Å². The fourth-order valence-corrected chi connectivity index (χ4v) is 2.97. The molecule has 0 radical (unpaired) electrons. The van der Waals surface area contributed by atoms with E-state index >= 15 is 0 Å². The minimum atomic E-state index is -0.978. The summed E-state index contributed by atoms with van der Waals surface area (Å²) in [4.78, 5) is 23.9. The first kappa shape index (κ1) is 11.7. The second-order valence-electron chi connectivity index (χ2n) is 4.02. The summed E-state index contributed by atoms with van der Waals surface area (Å²) in [6.45, 7) is 0. The lowest BCUT2D eigenvalue weighted by atomic mass is 10.3. The lowest BCUT2D eigenvalue weighted by molar-refractivity contribution is 0.0702. The highest BCUT2D eigenvalue weighted by atomic mass is 32.1. The Morgan fingerprint density at radius 3 is 2.53 bits per heavy atom. The van der Waals surface area contributed by atoms with E-state index in [0.717, 1.165) is 22.4 Å². The fraction of sp³-hybridized carbons (Fsp3) is 0. The molecule has 0 amide bonds. The summed E-state index contributed by atoms with van der Waals surface area (Å²) in [6, 6.07) is 13.9. The minimum absolute atomic E-state index is 0.169. The molecular weight excluding hydrogens is 262 g/mol. The highest BCUT2D eigenvalue weighted by Gasteiger charge is 2.12. The molecule has 0 bridgehead atoms. The molecule has 94 valence electrons. The summed E-state index contributed by atoms with van der Waals surface area (Å²) in [6.07, 6.45) is 0. The average molecular weight is 271 g/mol. The molecule has 2 aromatic heterocycles. The first-order chi connectivity index (χ1) is 9.16. The van der Waals surface area contributed by atoms with Crippen molar-refractivity contribution < 1.29 is 9.90 Å². The summed E-state index contributed by atoms with van der Waals surface area (Å²) in [5.74, 6) is -0.978. The van der Waals surface area contributed by atoms with Crippen LogP contribution in [0.3, 0.4) is 0 Å². The van der Waals surface area contributed by atoms with Crippen LogP contribution in [0.2, 0.25) is 0 Å². The number of carboxylic acids is 1. The molecule has 1 N–H and O–H groups in total. The standard InChI is InChI=1S/C14H9NO3S/c16-12-7-6-9-8-11(14(17)18)19-13(9)15(12)10-4-2-1-3-5-10/h1-8H,(H,17,18). The molecule has 0 aliphatic carbocycles. The smallest absolute Gasteiger partial charge is 0.345 e. The largest absolute Gasteiger partial charge is 0.477 e. The molecule has 0 spiro atoms. The van der Waals surface area contributed by atoms with E-state index in [0.29, 0.717) is 4.83 Å². The van der Waals surface area contributed by atoms with Crippen LogP contribution in [0.1, 0.15) is 9.67 Å². The monoisotopic (exact) mass is 271 g/mol. The van der Waals surface area contributed by atoms with Crippen molar-refractivity contribution in [2.45, 2.75) is 0 Å². The van der Waals surface area contributed by atoms with Crippen LogP contribution in [0.4, 0.5) is 0 Å². The van der Waals surface area contributed by atoms with Crippen LogP contribution in [0.25, 0.3) is 15.9 Å². The number of hydrogen-bond donors (Lipinski definition) is 1. The van der Waals surface area contributed by atoms with E-state index in [2.05, 4.69) is 0 Å². The van der Waals surface area contributed by atoms with Crippen molar-refractivity contribution >= 4 is 27.5 Å². The Hall–Kier alpha value is -2.40. The number of rotatable bonds is 2. The maximum absolute atomic E-state index is 12.0. The maximum atomic E-state index is 12.0. The van der Waals surface area contributed by atoms with Crippen molar-refractivity contribution in [1.82, 2.24) is 4.57 Å². The summed E-state index contributed by atoms with van der Waals surface area (Å²) >= 11 is 1.10. The average Bonchev–Trinajstić information content (AvgIpc) is 2.83. The van der Waals surface area contributed by atoms with Gasteiger partial charge in [0.1, 0.15) is 9.71 Å². The summed E-state index contributed by atoms with van der Waals surface area (Å²) in [5, 5.41) is 9.80. The zero-order valence-electron chi connectivity index (χ0n) is 9.74. The summed E-state index contributed by atoms with van der Waals surface area (Å²) in [7, 11) is 0. The fourth-order valence-electron chi connectivity index (χ4n) is 1.95. The number of benzene rings is 1. The van der Waals surface area contributed by atoms with Gasteiger partial charge < -0.3 is 5.11 Å². The predicted octanol–water partition coefficient (Wildman–Crippen LogP) is 2.75. The molecule has 0 saturated carbocycles. The third kappa shape index (κ3) is 1.94. The zero-order chi connectivity index (χ0) is 13.4. The molecule has 3 rings (SSSR count). The Bertz CT molecular complexity index is 818. The number of fused-ring (bicyclic) bond motifs is 1. The second-order valence-corrected chi connectivity index (χ2v) is 5.05. The molecular formula is C14H9NO3S. The van der Waals surface area contributed by atoms with Gasteiger partial charge in [-0.25, -0.2) is 4.79 Å².